The second-order valence-corrected chi connectivity index (χ2v) is 7.48. The van der Waals surface area contributed by atoms with E-state index in [1.165, 1.54) is 25.7 Å². The second kappa shape index (κ2) is 6.50. The minimum Gasteiger partial charge on any atom is -0.395 e. The highest BCUT2D eigenvalue weighted by molar-refractivity contribution is 5.30. The van der Waals surface area contributed by atoms with E-state index < -0.39 is 0 Å². The lowest BCUT2D eigenvalue weighted by molar-refractivity contribution is 0.192. The summed E-state index contributed by atoms with van der Waals surface area (Å²) in [7, 11) is 0. The van der Waals surface area contributed by atoms with Crippen LogP contribution in [0.2, 0.25) is 0 Å². The number of hydrogen-bond donors (Lipinski definition) is 2. The molecule has 1 aromatic carbocycles. The van der Waals surface area contributed by atoms with Crippen LogP contribution in [0.5, 0.6) is 0 Å². The van der Waals surface area contributed by atoms with Crippen molar-refractivity contribution in [3.05, 3.63) is 35.4 Å². The quantitative estimate of drug-likeness (QED) is 0.872. The van der Waals surface area contributed by atoms with Crippen molar-refractivity contribution in [1.29, 1.82) is 0 Å². The van der Waals surface area contributed by atoms with Crippen LogP contribution in [-0.4, -0.2) is 23.8 Å². The molecule has 1 saturated carbocycles. The minimum atomic E-state index is 0.263. The number of nitrogens with one attached hydrogen (secondary N) is 1. The number of aliphatic hydroxyl groups is 1. The van der Waals surface area contributed by atoms with Crippen LogP contribution in [0.25, 0.3) is 0 Å². The molecule has 2 aliphatic rings. The molecule has 2 bridgehead atoms. The van der Waals surface area contributed by atoms with Crippen LogP contribution in [-0.2, 0) is 12.8 Å². The van der Waals surface area contributed by atoms with Crippen LogP contribution >= 0.6 is 0 Å². The average molecular weight is 287 g/mol. The Morgan fingerprint density at radius 1 is 1.10 bits per heavy atom. The van der Waals surface area contributed by atoms with Gasteiger partial charge in [0.05, 0.1) is 6.61 Å². The predicted octanol–water partition coefficient (Wildman–Crippen LogP) is 3.18. The molecule has 0 spiro atoms. The van der Waals surface area contributed by atoms with Crippen LogP contribution in [0, 0.1) is 17.8 Å². The fourth-order valence-corrected chi connectivity index (χ4v) is 4.46. The van der Waals surface area contributed by atoms with Gasteiger partial charge in [-0.25, -0.2) is 0 Å². The highest BCUT2D eigenvalue weighted by Gasteiger charge is 2.39. The first-order valence-electron chi connectivity index (χ1n) is 8.61. The molecular formula is C19H29NO. The number of aliphatic hydroxyl groups excluding tert-OH is 1. The molecule has 0 aromatic heterocycles. The smallest absolute Gasteiger partial charge is 0.0584 e. The van der Waals surface area contributed by atoms with Crippen molar-refractivity contribution in [3.63, 3.8) is 0 Å². The van der Waals surface area contributed by atoms with Crippen molar-refractivity contribution in [3.8, 4) is 0 Å². The fourth-order valence-electron chi connectivity index (χ4n) is 4.46. The molecule has 3 atom stereocenters. The molecule has 3 rings (SSSR count). The first-order valence-corrected chi connectivity index (χ1v) is 8.61. The van der Waals surface area contributed by atoms with E-state index in [1.807, 2.05) is 0 Å². The molecule has 1 fully saturated rings. The van der Waals surface area contributed by atoms with Crippen molar-refractivity contribution in [1.82, 2.24) is 5.32 Å². The Labute approximate surface area is 129 Å². The molecule has 2 nitrogen and oxygen atoms in total. The summed E-state index contributed by atoms with van der Waals surface area (Å²) in [4.78, 5) is 0. The van der Waals surface area contributed by atoms with Gasteiger partial charge in [0, 0.05) is 12.1 Å². The summed E-state index contributed by atoms with van der Waals surface area (Å²) in [6.45, 7) is 4.74. The predicted molar refractivity (Wildman–Crippen MR) is 87.3 cm³/mol. The summed E-state index contributed by atoms with van der Waals surface area (Å²) in [5, 5.41) is 13.5. The number of fused-ring (bicyclic) bond motifs is 3. The highest BCUT2D eigenvalue weighted by atomic mass is 16.3. The second-order valence-electron chi connectivity index (χ2n) is 7.48. The SMILES string of the molecule is CC(C)CC(CO)NC1C2CCC1Cc1ccccc1C2. The van der Waals surface area contributed by atoms with E-state index in [0.717, 1.165) is 18.3 Å². The lowest BCUT2D eigenvalue weighted by Gasteiger charge is -2.29. The van der Waals surface area contributed by atoms with Gasteiger partial charge in [0.25, 0.3) is 0 Å². The summed E-state index contributed by atoms with van der Waals surface area (Å²) in [5.74, 6) is 2.13. The van der Waals surface area contributed by atoms with Gasteiger partial charge >= 0.3 is 0 Å². The largest absolute Gasteiger partial charge is 0.395 e. The van der Waals surface area contributed by atoms with E-state index >= 15 is 0 Å². The van der Waals surface area contributed by atoms with E-state index in [0.29, 0.717) is 12.0 Å². The summed E-state index contributed by atoms with van der Waals surface area (Å²) in [6.07, 6.45) is 6.18. The molecule has 2 heteroatoms. The maximum absolute atomic E-state index is 9.68. The van der Waals surface area contributed by atoms with Gasteiger partial charge in [-0.1, -0.05) is 38.1 Å². The molecule has 0 radical (unpaired) electrons. The summed E-state index contributed by atoms with van der Waals surface area (Å²) < 4.78 is 0. The van der Waals surface area contributed by atoms with Crippen molar-refractivity contribution in [2.24, 2.45) is 17.8 Å². The zero-order valence-corrected chi connectivity index (χ0v) is 13.4. The van der Waals surface area contributed by atoms with Gasteiger partial charge in [0.2, 0.25) is 0 Å². The third-order valence-corrected chi connectivity index (χ3v) is 5.41. The molecule has 0 heterocycles. The zero-order valence-electron chi connectivity index (χ0n) is 13.4. The van der Waals surface area contributed by atoms with Crippen LogP contribution in [0.3, 0.4) is 0 Å². The number of benzene rings is 1. The Morgan fingerprint density at radius 3 is 2.14 bits per heavy atom. The van der Waals surface area contributed by atoms with Crippen LogP contribution in [0.4, 0.5) is 0 Å². The third-order valence-electron chi connectivity index (χ3n) is 5.41. The van der Waals surface area contributed by atoms with Crippen molar-refractivity contribution in [2.75, 3.05) is 6.61 Å². The lowest BCUT2D eigenvalue weighted by atomic mass is 9.93. The Balaban J connectivity index is 1.73. The molecule has 21 heavy (non-hydrogen) atoms. The number of rotatable bonds is 5. The molecule has 0 aliphatic heterocycles. The van der Waals surface area contributed by atoms with E-state index in [-0.39, 0.29) is 12.6 Å². The highest BCUT2D eigenvalue weighted by Crippen LogP contribution is 2.40. The van der Waals surface area contributed by atoms with Gasteiger partial charge in [-0.2, -0.15) is 0 Å². The van der Waals surface area contributed by atoms with Crippen LogP contribution in [0.15, 0.2) is 24.3 Å². The summed E-state index contributed by atoms with van der Waals surface area (Å²) >= 11 is 0. The molecule has 0 amide bonds. The van der Waals surface area contributed by atoms with Gasteiger partial charge in [-0.05, 0) is 61.0 Å². The average Bonchev–Trinajstić information content (AvgIpc) is 2.73. The lowest BCUT2D eigenvalue weighted by Crippen LogP contribution is -2.46. The molecule has 0 saturated heterocycles. The van der Waals surface area contributed by atoms with E-state index in [2.05, 4.69) is 43.4 Å². The topological polar surface area (TPSA) is 32.3 Å². The van der Waals surface area contributed by atoms with Crippen molar-refractivity contribution in [2.45, 2.75) is 58.0 Å². The Kier molecular flexibility index (Phi) is 4.66. The first-order chi connectivity index (χ1) is 10.2. The molecule has 116 valence electrons. The van der Waals surface area contributed by atoms with Gasteiger partial charge in [-0.15, -0.1) is 0 Å². The standard InChI is InChI=1S/C19H29NO/c1-13(2)9-18(12-21)20-19-16-7-8-17(19)11-15-6-4-3-5-14(15)10-16/h3-6,13,16-21H,7-12H2,1-2H3. The maximum Gasteiger partial charge on any atom is 0.0584 e. The van der Waals surface area contributed by atoms with Crippen molar-refractivity contribution < 1.29 is 5.11 Å². The van der Waals surface area contributed by atoms with Crippen molar-refractivity contribution >= 4 is 0 Å². The zero-order chi connectivity index (χ0) is 14.8. The molecule has 2 N–H and O–H groups in total. The number of hydrogen-bond acceptors (Lipinski definition) is 2. The first kappa shape index (κ1) is 15.1. The Bertz CT molecular complexity index is 437. The fraction of sp³-hybridized carbons (Fsp3) is 0.684. The van der Waals surface area contributed by atoms with Gasteiger partial charge < -0.3 is 10.4 Å². The van der Waals surface area contributed by atoms with Gasteiger partial charge in [0.15, 0.2) is 0 Å². The Hall–Kier alpha value is -0.860. The Morgan fingerprint density at radius 2 is 1.67 bits per heavy atom. The van der Waals surface area contributed by atoms with Gasteiger partial charge in [-0.3, -0.25) is 0 Å². The van der Waals surface area contributed by atoms with E-state index in [4.69, 9.17) is 0 Å². The monoisotopic (exact) mass is 287 g/mol. The van der Waals surface area contributed by atoms with E-state index in [9.17, 15) is 5.11 Å². The maximum atomic E-state index is 9.68. The summed E-state index contributed by atoms with van der Waals surface area (Å²) in [5.41, 5.74) is 3.11. The molecule has 3 unspecified atom stereocenters. The summed E-state index contributed by atoms with van der Waals surface area (Å²) in [6, 6.07) is 9.83. The van der Waals surface area contributed by atoms with Gasteiger partial charge in [0.1, 0.15) is 0 Å². The molecule has 1 aromatic rings. The molecule has 2 aliphatic carbocycles. The van der Waals surface area contributed by atoms with Crippen LogP contribution < -0.4 is 5.32 Å². The van der Waals surface area contributed by atoms with Crippen LogP contribution in [0.1, 0.15) is 44.2 Å². The minimum absolute atomic E-state index is 0.263. The third kappa shape index (κ3) is 3.32. The van der Waals surface area contributed by atoms with E-state index in [1.54, 1.807) is 11.1 Å². The normalized spacial score (nSPS) is 29.2. The molecular weight excluding hydrogens is 258 g/mol.